The van der Waals surface area contributed by atoms with Gasteiger partial charge in [-0.1, -0.05) is 18.5 Å². The lowest BCUT2D eigenvalue weighted by molar-refractivity contribution is 0.0976. The number of rotatable bonds is 10. The van der Waals surface area contributed by atoms with Crippen LogP contribution in [0.3, 0.4) is 0 Å². The van der Waals surface area contributed by atoms with E-state index in [9.17, 15) is 5.11 Å². The maximum absolute atomic E-state index is 10.7. The Morgan fingerprint density at radius 3 is 2.54 bits per heavy atom. The van der Waals surface area contributed by atoms with Gasteiger partial charge < -0.3 is 19.3 Å². The fourth-order valence-corrected chi connectivity index (χ4v) is 1.85. The first-order valence-electron chi connectivity index (χ1n) is 14.3. The molecule has 0 spiro atoms. The average molecular weight is 372 g/mol. The number of aliphatic hydroxyl groups is 1. The molecule has 0 radical (unpaired) electrons. The molecule has 2 aromatic carbocycles. The minimum atomic E-state index is -3.72. The Kier molecular flexibility index (Phi) is 3.35. The molecule has 0 saturated heterocycles. The topological polar surface area (TPSA) is 47.9 Å². The van der Waals surface area contributed by atoms with Gasteiger partial charge in [-0.25, -0.2) is 0 Å². The van der Waals surface area contributed by atoms with Crippen molar-refractivity contribution in [3.63, 3.8) is 0 Å². The van der Waals surface area contributed by atoms with Gasteiger partial charge in [0.25, 0.3) is 0 Å². The van der Waals surface area contributed by atoms with Crippen molar-refractivity contribution in [3.05, 3.63) is 52.9 Å². The van der Waals surface area contributed by atoms with Crippen LogP contribution >= 0.6 is 0 Å². The van der Waals surface area contributed by atoms with Crippen LogP contribution in [0.15, 0.2) is 36.3 Å². The molecule has 2 aromatic rings. The predicted octanol–water partition coefficient (Wildman–Crippen LogP) is 4.47. The highest BCUT2D eigenvalue weighted by atomic mass is 16.5. The van der Waals surface area contributed by atoms with Crippen LogP contribution in [0.5, 0.6) is 17.2 Å². The Balaban J connectivity index is 2.45. The van der Waals surface area contributed by atoms with Crippen LogP contribution in [0.25, 0.3) is 0 Å². The second-order valence-corrected chi connectivity index (χ2v) is 5.18. The molecule has 1 atom stereocenters. The summed E-state index contributed by atoms with van der Waals surface area (Å²) in [5, 5.41) is 10.7. The molecule has 0 heterocycles. The molecule has 1 unspecified atom stereocenters. The average Bonchev–Trinajstić information content (AvgIpc) is 2.84. The van der Waals surface area contributed by atoms with Crippen molar-refractivity contribution in [2.75, 3.05) is 20.8 Å². The molecule has 4 heteroatoms. The zero-order chi connectivity index (χ0) is 30.5. The Hall–Kier alpha value is -2.20. The SMILES string of the molecule is [2H]c1c([2H])c(OC([2H])([2H])C([2H])(O)C([2H])([2H])CCC([2H])([2H])c2c([2H])c([2H])c(OC)c(OC)c2[2H])c([2H])c(C)c1C. The second-order valence-electron chi connectivity index (χ2n) is 5.18. The first-order valence-corrected chi connectivity index (χ1v) is 7.81. The van der Waals surface area contributed by atoms with E-state index < -0.39 is 79.8 Å². The van der Waals surface area contributed by atoms with Crippen LogP contribution in [0.1, 0.15) is 53.7 Å². The third kappa shape index (κ3) is 5.95. The largest absolute Gasteiger partial charge is 0.493 e. The van der Waals surface area contributed by atoms with E-state index >= 15 is 0 Å². The molecule has 0 fully saturated rings. The van der Waals surface area contributed by atoms with E-state index in [2.05, 4.69) is 0 Å². The fraction of sp³-hybridized carbons (Fsp3) is 0.455. The molecule has 0 aromatic heterocycles. The lowest BCUT2D eigenvalue weighted by Crippen LogP contribution is -2.17. The molecule has 0 aliphatic carbocycles. The second kappa shape index (κ2) is 10.1. The molecule has 0 bridgehead atoms. The first kappa shape index (κ1) is 8.66. The van der Waals surface area contributed by atoms with Crippen LogP contribution < -0.4 is 14.2 Å². The lowest BCUT2D eigenvalue weighted by atomic mass is 10.0. The Morgan fingerprint density at radius 2 is 1.81 bits per heavy atom. The van der Waals surface area contributed by atoms with E-state index in [-0.39, 0.29) is 28.7 Å². The van der Waals surface area contributed by atoms with E-state index in [1.165, 1.54) is 21.0 Å². The maximum atomic E-state index is 10.7. The fourth-order valence-electron chi connectivity index (χ4n) is 1.85. The summed E-state index contributed by atoms with van der Waals surface area (Å²) in [6.45, 7) is -0.669. The van der Waals surface area contributed by atoms with Gasteiger partial charge in [-0.2, -0.15) is 0 Å². The summed E-state index contributed by atoms with van der Waals surface area (Å²) in [5.74, 6) is -1.35. The van der Waals surface area contributed by atoms with Gasteiger partial charge in [0.15, 0.2) is 11.5 Å². The van der Waals surface area contributed by atoms with Gasteiger partial charge in [-0.05, 0) is 73.9 Å². The molecule has 0 aliphatic rings. The summed E-state index contributed by atoms with van der Waals surface area (Å²) in [4.78, 5) is 0. The zero-order valence-corrected chi connectivity index (χ0v) is 15.1. The smallest absolute Gasteiger partial charge is 0.160 e. The molecule has 0 saturated carbocycles. The van der Waals surface area contributed by atoms with Crippen molar-refractivity contribution in [3.8, 4) is 17.2 Å². The number of hydrogen-bond donors (Lipinski definition) is 1. The van der Waals surface area contributed by atoms with E-state index in [1.807, 2.05) is 0 Å². The van der Waals surface area contributed by atoms with Gasteiger partial charge in [0.05, 0.1) is 32.6 Å². The molecule has 0 aliphatic heterocycles. The summed E-state index contributed by atoms with van der Waals surface area (Å²) in [6, 6.07) is -3.45. The normalized spacial score (nSPS) is 22.0. The minimum absolute atomic E-state index is 0.188. The summed E-state index contributed by atoms with van der Waals surface area (Å²) in [7, 11) is 2.34. The summed E-state index contributed by atoms with van der Waals surface area (Å²) in [5.41, 5.74) is -0.165. The minimum Gasteiger partial charge on any atom is -0.493 e. The van der Waals surface area contributed by atoms with Crippen LogP contribution in [0.2, 0.25) is 0 Å². The Morgan fingerprint density at radius 1 is 1.04 bits per heavy atom. The molecule has 4 nitrogen and oxygen atoms in total. The van der Waals surface area contributed by atoms with Gasteiger partial charge in [-0.3, -0.25) is 0 Å². The highest BCUT2D eigenvalue weighted by Gasteiger charge is 2.07. The van der Waals surface area contributed by atoms with E-state index in [0.717, 1.165) is 7.11 Å². The molecule has 2 rings (SSSR count). The standard InChI is InChI=1S/C22H30O4/c1-16-9-11-20(13-17(16)2)26-15-19(23)8-6-5-7-18-10-12-21(24-3)22(14-18)25-4/h9-14,19,23H,5-8,15H2,1-4H3/i7D2,8D2,9D,10D,11D,12D,13D,14D,15D2,19D. The molecule has 0 amide bonds. The van der Waals surface area contributed by atoms with Crippen LogP contribution in [-0.2, 0) is 6.37 Å². The van der Waals surface area contributed by atoms with E-state index in [0.29, 0.717) is 0 Å². The highest BCUT2D eigenvalue weighted by Crippen LogP contribution is 2.28. The van der Waals surface area contributed by atoms with Crippen LogP contribution in [0.4, 0.5) is 0 Å². The number of ether oxygens (including phenoxy) is 3. The van der Waals surface area contributed by atoms with E-state index in [1.54, 1.807) is 0 Å². The Bertz CT molecular complexity index is 1230. The third-order valence-corrected chi connectivity index (χ3v) is 3.35. The quantitative estimate of drug-likeness (QED) is 0.669. The third-order valence-electron chi connectivity index (χ3n) is 3.35. The van der Waals surface area contributed by atoms with Crippen molar-refractivity contribution in [2.24, 2.45) is 0 Å². The number of hydrogen-bond acceptors (Lipinski definition) is 4. The van der Waals surface area contributed by atoms with Crippen molar-refractivity contribution < 1.29 is 37.1 Å². The molecular weight excluding hydrogens is 328 g/mol. The van der Waals surface area contributed by atoms with Gasteiger partial charge in [0.1, 0.15) is 12.3 Å². The van der Waals surface area contributed by atoms with Crippen molar-refractivity contribution in [2.45, 2.75) is 45.5 Å². The van der Waals surface area contributed by atoms with Crippen molar-refractivity contribution in [1.82, 2.24) is 0 Å². The monoisotopic (exact) mass is 371 g/mol. The Labute approximate surface area is 175 Å². The molecule has 142 valence electrons. The van der Waals surface area contributed by atoms with Crippen molar-refractivity contribution >= 4 is 0 Å². The van der Waals surface area contributed by atoms with Gasteiger partial charge in [0.2, 0.25) is 0 Å². The van der Waals surface area contributed by atoms with Gasteiger partial charge in [0, 0.05) is 5.48 Å². The van der Waals surface area contributed by atoms with E-state index in [4.69, 9.17) is 32.0 Å². The highest BCUT2D eigenvalue weighted by molar-refractivity contribution is 5.42. The molecule has 26 heavy (non-hydrogen) atoms. The summed E-state index contributed by atoms with van der Waals surface area (Å²) in [6.07, 6.45) is -11.5. The van der Waals surface area contributed by atoms with Crippen molar-refractivity contribution in [1.29, 1.82) is 0 Å². The van der Waals surface area contributed by atoms with Crippen LogP contribution in [-0.4, -0.2) is 32.0 Å². The molecular formula is C22H30O4. The zero-order valence-electron chi connectivity index (χ0n) is 28.1. The van der Waals surface area contributed by atoms with Crippen LogP contribution in [0, 0.1) is 13.8 Å². The summed E-state index contributed by atoms with van der Waals surface area (Å²) >= 11 is 0. The number of methoxy groups -OCH3 is 2. The lowest BCUT2D eigenvalue weighted by Gasteiger charge is -2.13. The summed E-state index contributed by atoms with van der Waals surface area (Å²) < 4.78 is 122. The van der Waals surface area contributed by atoms with Gasteiger partial charge >= 0.3 is 0 Å². The first-order chi connectivity index (χ1) is 17.6. The maximum Gasteiger partial charge on any atom is 0.160 e. The number of benzene rings is 2. The molecule has 1 N–H and O–H groups in total. The predicted molar refractivity (Wildman–Crippen MR) is 105 cm³/mol. The van der Waals surface area contributed by atoms with Gasteiger partial charge in [-0.15, -0.1) is 0 Å².